The smallest absolute Gasteiger partial charge is 0.274 e. The van der Waals surface area contributed by atoms with E-state index in [0.717, 1.165) is 36.0 Å². The molecule has 1 amide bonds. The van der Waals surface area contributed by atoms with E-state index in [1.807, 2.05) is 23.6 Å². The number of rotatable bonds is 4. The molecule has 0 radical (unpaired) electrons. The molecule has 0 aromatic carbocycles. The molecule has 0 saturated carbocycles. The molecule has 126 valence electrons. The SMILES string of the molecule is Cc1nc(COC2CSC3(C2)CN(C(=O)c2cnccn2)C3)cs1. The number of thiazole rings is 1. The molecule has 2 fully saturated rings. The molecule has 8 heteroatoms. The average Bonchev–Trinajstić information content (AvgIpc) is 3.18. The second-order valence-corrected chi connectivity index (χ2v) is 8.79. The molecule has 1 unspecified atom stereocenters. The van der Waals surface area contributed by atoms with E-state index in [9.17, 15) is 4.79 Å². The van der Waals surface area contributed by atoms with E-state index in [4.69, 9.17) is 4.74 Å². The Balaban J connectivity index is 1.28. The van der Waals surface area contributed by atoms with Crippen LogP contribution in [0.25, 0.3) is 0 Å². The van der Waals surface area contributed by atoms with Gasteiger partial charge < -0.3 is 9.64 Å². The van der Waals surface area contributed by atoms with Gasteiger partial charge in [-0.05, 0) is 13.3 Å². The first kappa shape index (κ1) is 16.0. The number of carbonyl (C=O) groups excluding carboxylic acids is 1. The fourth-order valence-electron chi connectivity index (χ4n) is 3.17. The Kier molecular flexibility index (Phi) is 4.28. The van der Waals surface area contributed by atoms with Crippen molar-refractivity contribution in [1.82, 2.24) is 19.9 Å². The maximum absolute atomic E-state index is 12.3. The van der Waals surface area contributed by atoms with Crippen LogP contribution in [0.4, 0.5) is 0 Å². The van der Waals surface area contributed by atoms with Gasteiger partial charge in [-0.25, -0.2) is 9.97 Å². The summed E-state index contributed by atoms with van der Waals surface area (Å²) >= 11 is 3.58. The van der Waals surface area contributed by atoms with Gasteiger partial charge >= 0.3 is 0 Å². The van der Waals surface area contributed by atoms with Crippen LogP contribution in [0.5, 0.6) is 0 Å². The van der Waals surface area contributed by atoms with Gasteiger partial charge in [-0.15, -0.1) is 23.1 Å². The van der Waals surface area contributed by atoms with Crippen LogP contribution in [0.2, 0.25) is 0 Å². The van der Waals surface area contributed by atoms with Gasteiger partial charge in [0.05, 0.1) is 34.4 Å². The van der Waals surface area contributed by atoms with Gasteiger partial charge in [0.15, 0.2) is 0 Å². The Morgan fingerprint density at radius 1 is 1.46 bits per heavy atom. The van der Waals surface area contributed by atoms with Crippen molar-refractivity contribution >= 4 is 29.0 Å². The van der Waals surface area contributed by atoms with Gasteiger partial charge in [-0.1, -0.05) is 0 Å². The molecular weight excluding hydrogens is 344 g/mol. The fourth-order valence-corrected chi connectivity index (χ4v) is 5.32. The first-order valence-corrected chi connectivity index (χ1v) is 9.72. The number of hydrogen-bond acceptors (Lipinski definition) is 7. The minimum absolute atomic E-state index is 0.0309. The Morgan fingerprint density at radius 2 is 2.33 bits per heavy atom. The Hall–Kier alpha value is -1.51. The maximum atomic E-state index is 12.3. The molecular formula is C16H18N4O2S2. The first-order valence-electron chi connectivity index (χ1n) is 7.85. The number of aromatic nitrogens is 3. The number of thioether (sulfide) groups is 1. The number of ether oxygens (including phenoxy) is 1. The molecule has 1 atom stereocenters. The lowest BCUT2D eigenvalue weighted by Gasteiger charge is -2.47. The molecule has 4 heterocycles. The normalized spacial score (nSPS) is 21.9. The predicted octanol–water partition coefficient (Wildman–Crippen LogP) is 2.16. The first-order chi connectivity index (χ1) is 11.6. The predicted molar refractivity (Wildman–Crippen MR) is 93.2 cm³/mol. The minimum Gasteiger partial charge on any atom is -0.371 e. The highest BCUT2D eigenvalue weighted by Gasteiger charge is 2.51. The molecule has 0 N–H and O–H groups in total. The van der Waals surface area contributed by atoms with Crippen LogP contribution in [0.3, 0.4) is 0 Å². The van der Waals surface area contributed by atoms with Gasteiger partial charge in [0.1, 0.15) is 5.69 Å². The molecule has 1 spiro atoms. The third kappa shape index (κ3) is 3.18. The molecule has 0 bridgehead atoms. The topological polar surface area (TPSA) is 68.2 Å². The summed E-state index contributed by atoms with van der Waals surface area (Å²) in [5.41, 5.74) is 1.43. The van der Waals surface area contributed by atoms with Crippen LogP contribution in [-0.4, -0.2) is 55.5 Å². The summed E-state index contributed by atoms with van der Waals surface area (Å²) in [5, 5.41) is 3.13. The summed E-state index contributed by atoms with van der Waals surface area (Å²) in [7, 11) is 0. The van der Waals surface area contributed by atoms with E-state index in [0.29, 0.717) is 12.3 Å². The van der Waals surface area contributed by atoms with E-state index in [1.165, 1.54) is 6.20 Å². The van der Waals surface area contributed by atoms with Crippen molar-refractivity contribution in [3.8, 4) is 0 Å². The highest BCUT2D eigenvalue weighted by molar-refractivity contribution is 8.01. The lowest BCUT2D eigenvalue weighted by molar-refractivity contribution is 0.0244. The molecule has 4 rings (SSSR count). The van der Waals surface area contributed by atoms with E-state index in [1.54, 1.807) is 23.7 Å². The van der Waals surface area contributed by atoms with Crippen molar-refractivity contribution in [3.05, 3.63) is 40.4 Å². The van der Waals surface area contributed by atoms with Gasteiger partial charge in [0.25, 0.3) is 5.91 Å². The Bertz CT molecular complexity index is 731. The molecule has 2 aliphatic rings. The minimum atomic E-state index is -0.0309. The van der Waals surface area contributed by atoms with Crippen LogP contribution in [-0.2, 0) is 11.3 Å². The summed E-state index contributed by atoms with van der Waals surface area (Å²) in [5.74, 6) is 0.952. The molecule has 6 nitrogen and oxygen atoms in total. The highest BCUT2D eigenvalue weighted by Crippen LogP contribution is 2.46. The molecule has 2 aromatic heterocycles. The van der Waals surface area contributed by atoms with Gasteiger partial charge in [-0.3, -0.25) is 9.78 Å². The second-order valence-electron chi connectivity index (χ2n) is 6.24. The van der Waals surface area contributed by atoms with Crippen molar-refractivity contribution in [3.63, 3.8) is 0 Å². The van der Waals surface area contributed by atoms with Crippen LogP contribution in [0.15, 0.2) is 24.0 Å². The van der Waals surface area contributed by atoms with Crippen molar-refractivity contribution < 1.29 is 9.53 Å². The zero-order chi connectivity index (χ0) is 16.6. The van der Waals surface area contributed by atoms with Gasteiger partial charge in [0.2, 0.25) is 0 Å². The van der Waals surface area contributed by atoms with Crippen LogP contribution >= 0.6 is 23.1 Å². The summed E-state index contributed by atoms with van der Waals surface area (Å²) in [4.78, 5) is 26.7. The zero-order valence-corrected chi connectivity index (χ0v) is 15.0. The van der Waals surface area contributed by atoms with Crippen LogP contribution in [0.1, 0.15) is 27.6 Å². The number of amides is 1. The fraction of sp³-hybridized carbons (Fsp3) is 0.500. The van der Waals surface area contributed by atoms with Crippen LogP contribution < -0.4 is 0 Å². The molecule has 2 aromatic rings. The third-order valence-electron chi connectivity index (χ3n) is 4.34. The summed E-state index contributed by atoms with van der Waals surface area (Å²) in [6, 6.07) is 0. The number of hydrogen-bond donors (Lipinski definition) is 0. The lowest BCUT2D eigenvalue weighted by atomic mass is 9.92. The number of aryl methyl sites for hydroxylation is 1. The van der Waals surface area contributed by atoms with E-state index < -0.39 is 0 Å². The summed E-state index contributed by atoms with van der Waals surface area (Å²) < 4.78 is 6.16. The summed E-state index contributed by atoms with van der Waals surface area (Å²) in [6.07, 6.45) is 5.89. The number of carbonyl (C=O) groups is 1. The molecule has 2 saturated heterocycles. The van der Waals surface area contributed by atoms with Crippen LogP contribution in [0, 0.1) is 6.92 Å². The molecule has 0 aliphatic carbocycles. The standard InChI is InChI=1S/C16H18N4O2S2/c1-11-19-12(7-23-11)6-22-13-4-16(24-8-13)9-20(10-16)15(21)14-5-17-2-3-18-14/h2-3,5,7,13H,4,6,8-10H2,1H3. The zero-order valence-electron chi connectivity index (χ0n) is 13.3. The van der Waals surface area contributed by atoms with E-state index in [-0.39, 0.29) is 16.8 Å². The maximum Gasteiger partial charge on any atom is 0.274 e. The molecule has 2 aliphatic heterocycles. The third-order valence-corrected chi connectivity index (χ3v) is 6.73. The second kappa shape index (κ2) is 6.42. The lowest BCUT2D eigenvalue weighted by Crippen LogP contribution is -2.60. The Labute approximate surface area is 148 Å². The number of likely N-dealkylation sites (tertiary alicyclic amines) is 1. The summed E-state index contributed by atoms with van der Waals surface area (Å²) in [6.45, 7) is 4.12. The number of nitrogens with zero attached hydrogens (tertiary/aromatic N) is 4. The largest absolute Gasteiger partial charge is 0.371 e. The average molecular weight is 362 g/mol. The quantitative estimate of drug-likeness (QED) is 0.830. The van der Waals surface area contributed by atoms with E-state index >= 15 is 0 Å². The highest BCUT2D eigenvalue weighted by atomic mass is 32.2. The van der Waals surface area contributed by atoms with Crippen molar-refractivity contribution in [2.24, 2.45) is 0 Å². The van der Waals surface area contributed by atoms with Crippen molar-refractivity contribution in [2.45, 2.75) is 30.8 Å². The van der Waals surface area contributed by atoms with Gasteiger partial charge in [0, 0.05) is 36.6 Å². The van der Waals surface area contributed by atoms with E-state index in [2.05, 4.69) is 20.3 Å². The Morgan fingerprint density at radius 3 is 3.04 bits per heavy atom. The van der Waals surface area contributed by atoms with Gasteiger partial charge in [-0.2, -0.15) is 0 Å². The monoisotopic (exact) mass is 362 g/mol. The molecule has 24 heavy (non-hydrogen) atoms. The van der Waals surface area contributed by atoms with Crippen molar-refractivity contribution in [1.29, 1.82) is 0 Å². The van der Waals surface area contributed by atoms with Crippen molar-refractivity contribution in [2.75, 3.05) is 18.8 Å².